The molecule has 0 aliphatic carbocycles. The zero-order valence-corrected chi connectivity index (χ0v) is 33.9. The van der Waals surface area contributed by atoms with Gasteiger partial charge in [-0.05, 0) is 69.8 Å². The minimum Gasteiger partial charge on any atom is -0.457 e. The van der Waals surface area contributed by atoms with Gasteiger partial charge in [0.25, 0.3) is 0 Å². The second-order valence-corrected chi connectivity index (χ2v) is 15.4. The molecule has 5 nitrogen and oxygen atoms in total. The molecule has 0 amide bonds. The topological polar surface area (TPSA) is 55.8 Å². The smallest absolute Gasteiger partial charge is 0.306 e. The SMILES string of the molecule is CCCCCCCC/C=C\CCCCCCCC(=O)O[C@@H]1CN(Cc2ccccc2)C[C@H]1OC(=O)CCCCCCC/C=C\CCCCCCCC. The number of carbonyl (C=O) groups excluding carboxylic acids is 2. The van der Waals surface area contributed by atoms with E-state index >= 15 is 0 Å². The Kier molecular flexibility index (Phi) is 29.2. The van der Waals surface area contributed by atoms with Crippen molar-refractivity contribution < 1.29 is 19.1 Å². The lowest BCUT2D eigenvalue weighted by molar-refractivity contribution is -0.164. The standard InChI is InChI=1S/C47H79NO4/c1-3-5-7-9-11-13-15-17-19-21-23-25-27-29-34-38-46(49)51-44-41-48(40-43-36-32-31-33-37-43)42-45(44)52-47(50)39-35-30-28-26-24-22-20-18-16-14-12-10-8-6-4-2/h17-20,31-33,36-37,44-45H,3-16,21-30,34-35,38-42H2,1-2H3/b19-17-,20-18-/t44-,45-/m1/s1. The van der Waals surface area contributed by atoms with Crippen molar-refractivity contribution >= 4 is 11.9 Å². The van der Waals surface area contributed by atoms with E-state index < -0.39 is 12.2 Å². The minimum atomic E-state index is -0.405. The van der Waals surface area contributed by atoms with Crippen LogP contribution in [0.3, 0.4) is 0 Å². The Bertz CT molecular complexity index is 975. The Morgan fingerprint density at radius 2 is 0.865 bits per heavy atom. The van der Waals surface area contributed by atoms with Crippen molar-refractivity contribution in [1.82, 2.24) is 4.90 Å². The molecule has 0 saturated carbocycles. The first-order valence-electron chi connectivity index (χ1n) is 22.1. The predicted molar refractivity (Wildman–Crippen MR) is 220 cm³/mol. The van der Waals surface area contributed by atoms with Gasteiger partial charge in [-0.2, -0.15) is 0 Å². The molecule has 0 radical (unpaired) electrons. The van der Waals surface area contributed by atoms with Gasteiger partial charge in [0.15, 0.2) is 12.2 Å². The van der Waals surface area contributed by atoms with Crippen LogP contribution >= 0.6 is 0 Å². The number of nitrogens with zero attached hydrogens (tertiary/aromatic N) is 1. The molecule has 0 spiro atoms. The van der Waals surface area contributed by atoms with Crippen LogP contribution in [0, 0.1) is 0 Å². The van der Waals surface area contributed by atoms with Crippen LogP contribution in [-0.4, -0.2) is 42.1 Å². The van der Waals surface area contributed by atoms with Gasteiger partial charge in [-0.25, -0.2) is 0 Å². The first kappa shape index (κ1) is 45.8. The van der Waals surface area contributed by atoms with Crippen LogP contribution in [0.4, 0.5) is 0 Å². The van der Waals surface area contributed by atoms with Crippen LogP contribution in [0.2, 0.25) is 0 Å². The quantitative estimate of drug-likeness (QED) is 0.0403. The summed E-state index contributed by atoms with van der Waals surface area (Å²) in [6.07, 6.45) is 41.6. The Morgan fingerprint density at radius 1 is 0.519 bits per heavy atom. The highest BCUT2D eigenvalue weighted by molar-refractivity contribution is 5.70. The fraction of sp³-hybridized carbons (Fsp3) is 0.745. The molecule has 0 N–H and O–H groups in total. The molecule has 1 saturated heterocycles. The number of esters is 2. The highest BCUT2D eigenvalue weighted by atomic mass is 16.6. The van der Waals surface area contributed by atoms with E-state index in [0.717, 1.165) is 57.9 Å². The molecule has 1 fully saturated rings. The van der Waals surface area contributed by atoms with Crippen molar-refractivity contribution in [1.29, 1.82) is 0 Å². The number of rotatable bonds is 34. The second-order valence-electron chi connectivity index (χ2n) is 15.4. The van der Waals surface area contributed by atoms with Crippen LogP contribution in [0.25, 0.3) is 0 Å². The molecule has 1 aromatic carbocycles. The Balaban J connectivity index is 1.58. The molecule has 1 aromatic rings. The maximum absolute atomic E-state index is 12.9. The van der Waals surface area contributed by atoms with Crippen molar-refractivity contribution in [3.63, 3.8) is 0 Å². The fourth-order valence-electron chi connectivity index (χ4n) is 7.15. The van der Waals surface area contributed by atoms with E-state index in [1.54, 1.807) is 0 Å². The van der Waals surface area contributed by atoms with E-state index in [4.69, 9.17) is 9.47 Å². The molecule has 1 aliphatic heterocycles. The van der Waals surface area contributed by atoms with Crippen LogP contribution in [0.5, 0.6) is 0 Å². The summed E-state index contributed by atoms with van der Waals surface area (Å²) in [5.74, 6) is -0.329. The Hall–Kier alpha value is -2.40. The third-order valence-electron chi connectivity index (χ3n) is 10.4. The summed E-state index contributed by atoms with van der Waals surface area (Å²) in [7, 11) is 0. The number of hydrogen-bond donors (Lipinski definition) is 0. The average molecular weight is 722 g/mol. The van der Waals surface area contributed by atoms with Crippen LogP contribution < -0.4 is 0 Å². The number of allylic oxidation sites excluding steroid dienone is 4. The normalized spacial score (nSPS) is 16.3. The van der Waals surface area contributed by atoms with Crippen LogP contribution in [0.1, 0.15) is 199 Å². The Morgan fingerprint density at radius 3 is 1.25 bits per heavy atom. The van der Waals surface area contributed by atoms with Gasteiger partial charge >= 0.3 is 11.9 Å². The number of ether oxygens (including phenoxy) is 2. The molecule has 2 rings (SSSR count). The monoisotopic (exact) mass is 722 g/mol. The fourth-order valence-corrected chi connectivity index (χ4v) is 7.15. The van der Waals surface area contributed by atoms with Crippen molar-refractivity contribution in [3.8, 4) is 0 Å². The molecule has 2 atom stereocenters. The molecular formula is C47H79NO4. The van der Waals surface area contributed by atoms with E-state index in [0.29, 0.717) is 25.9 Å². The van der Waals surface area contributed by atoms with Crippen molar-refractivity contribution in [2.24, 2.45) is 0 Å². The minimum absolute atomic E-state index is 0.164. The summed E-state index contributed by atoms with van der Waals surface area (Å²) in [5.41, 5.74) is 1.21. The highest BCUT2D eigenvalue weighted by Gasteiger charge is 2.38. The van der Waals surface area contributed by atoms with E-state index in [2.05, 4.69) is 55.2 Å². The number of carbonyl (C=O) groups is 2. The van der Waals surface area contributed by atoms with Gasteiger partial charge in [-0.1, -0.05) is 171 Å². The van der Waals surface area contributed by atoms with Gasteiger partial charge in [-0.15, -0.1) is 0 Å². The first-order chi connectivity index (χ1) is 25.6. The lowest BCUT2D eigenvalue weighted by Gasteiger charge is -2.19. The molecule has 1 aliphatic rings. The molecule has 52 heavy (non-hydrogen) atoms. The zero-order chi connectivity index (χ0) is 37.2. The summed E-state index contributed by atoms with van der Waals surface area (Å²) in [4.78, 5) is 28.0. The van der Waals surface area contributed by atoms with Gasteiger partial charge in [0.1, 0.15) is 0 Å². The van der Waals surface area contributed by atoms with E-state index in [1.807, 2.05) is 18.2 Å². The van der Waals surface area contributed by atoms with Gasteiger partial charge in [-0.3, -0.25) is 14.5 Å². The lowest BCUT2D eigenvalue weighted by atomic mass is 10.1. The molecular weight excluding hydrogens is 643 g/mol. The van der Waals surface area contributed by atoms with E-state index in [9.17, 15) is 9.59 Å². The number of benzene rings is 1. The number of likely N-dealkylation sites (tertiary alicyclic amines) is 1. The third kappa shape index (κ3) is 25.6. The van der Waals surface area contributed by atoms with E-state index in [-0.39, 0.29) is 11.9 Å². The third-order valence-corrected chi connectivity index (χ3v) is 10.4. The summed E-state index contributed by atoms with van der Waals surface area (Å²) in [6, 6.07) is 10.3. The number of unbranched alkanes of at least 4 members (excludes halogenated alkanes) is 22. The molecule has 0 unspecified atom stereocenters. The molecule has 0 aromatic heterocycles. The van der Waals surface area contributed by atoms with Crippen molar-refractivity contribution in [2.75, 3.05) is 13.1 Å². The van der Waals surface area contributed by atoms with Gasteiger partial charge < -0.3 is 9.47 Å². The van der Waals surface area contributed by atoms with Crippen molar-refractivity contribution in [2.45, 2.75) is 212 Å². The maximum atomic E-state index is 12.9. The molecule has 0 bridgehead atoms. The molecule has 1 heterocycles. The second kappa shape index (κ2) is 33.2. The number of hydrogen-bond acceptors (Lipinski definition) is 5. The summed E-state index contributed by atoms with van der Waals surface area (Å²) in [5, 5.41) is 0. The van der Waals surface area contributed by atoms with Crippen molar-refractivity contribution in [3.05, 3.63) is 60.2 Å². The maximum Gasteiger partial charge on any atom is 0.306 e. The van der Waals surface area contributed by atoms with E-state index in [1.165, 1.54) is 121 Å². The molecule has 5 heteroatoms. The molecule has 296 valence electrons. The highest BCUT2D eigenvalue weighted by Crippen LogP contribution is 2.22. The predicted octanol–water partition coefficient (Wildman–Crippen LogP) is 13.4. The van der Waals surface area contributed by atoms with Gasteiger partial charge in [0.2, 0.25) is 0 Å². The summed E-state index contributed by atoms with van der Waals surface area (Å²) < 4.78 is 11.9. The Labute approximate surface area is 320 Å². The largest absolute Gasteiger partial charge is 0.457 e. The van der Waals surface area contributed by atoms with Crippen LogP contribution in [0.15, 0.2) is 54.6 Å². The summed E-state index contributed by atoms with van der Waals surface area (Å²) in [6.45, 7) is 6.48. The average Bonchev–Trinajstić information content (AvgIpc) is 3.51. The summed E-state index contributed by atoms with van der Waals surface area (Å²) >= 11 is 0. The zero-order valence-electron chi connectivity index (χ0n) is 33.9. The first-order valence-corrected chi connectivity index (χ1v) is 22.1. The van der Waals surface area contributed by atoms with Crippen LogP contribution in [-0.2, 0) is 25.6 Å². The van der Waals surface area contributed by atoms with Gasteiger partial charge in [0.05, 0.1) is 0 Å². The lowest BCUT2D eigenvalue weighted by Crippen LogP contribution is -2.33. The van der Waals surface area contributed by atoms with Gasteiger partial charge in [0, 0.05) is 32.5 Å².